The number of aliphatic carboxylic acids is 2. The van der Waals surface area contributed by atoms with Crippen molar-refractivity contribution in [2.45, 2.75) is 127 Å². The lowest BCUT2D eigenvalue weighted by Crippen LogP contribution is -2.44. The Morgan fingerprint density at radius 3 is 1.20 bits per heavy atom. The second kappa shape index (κ2) is 24.7. The van der Waals surface area contributed by atoms with Crippen LogP contribution in [0.5, 0.6) is 23.0 Å². The van der Waals surface area contributed by atoms with E-state index in [1.165, 1.54) is 77.9 Å². The van der Waals surface area contributed by atoms with Gasteiger partial charge >= 0.3 is 36.2 Å². The summed E-state index contributed by atoms with van der Waals surface area (Å²) in [6.45, 7) is 7.04. The van der Waals surface area contributed by atoms with E-state index in [2.05, 4.69) is 0 Å². The van der Waals surface area contributed by atoms with E-state index >= 15 is 0 Å². The molecule has 0 bridgehead atoms. The van der Waals surface area contributed by atoms with Crippen LogP contribution in [-0.4, -0.2) is 115 Å². The first-order chi connectivity index (χ1) is 36.9. The summed E-state index contributed by atoms with van der Waals surface area (Å²) in [5, 5.41) is 18.1. The number of benzene rings is 4. The molecule has 28 heteroatoms. The molecular weight excluding hydrogens is 1120 g/mol. The minimum Gasteiger partial charge on any atom is -0.494 e. The number of alkyl halides is 6. The van der Waals surface area contributed by atoms with Crippen molar-refractivity contribution < 1.29 is 110 Å². The number of nitrogens with zero attached hydrogens (tertiary/aromatic N) is 2. The molecule has 0 saturated carbocycles. The van der Waals surface area contributed by atoms with Crippen LogP contribution in [0.25, 0.3) is 0 Å². The maximum atomic E-state index is 14.0. The summed E-state index contributed by atoms with van der Waals surface area (Å²) in [4.78, 5) is 46.5. The van der Waals surface area contributed by atoms with Gasteiger partial charge < -0.3 is 38.6 Å². The summed E-state index contributed by atoms with van der Waals surface area (Å²) in [6, 6.07) is 13.8. The van der Waals surface area contributed by atoms with E-state index in [0.29, 0.717) is 0 Å². The third-order valence-electron chi connectivity index (χ3n) is 12.1. The lowest BCUT2D eigenvalue weighted by molar-refractivity contribution is -0.244. The number of hydrogen-bond acceptors (Lipinski definition) is 14. The fourth-order valence-corrected chi connectivity index (χ4v) is 11.3. The zero-order valence-electron chi connectivity index (χ0n) is 44.2. The first kappa shape index (κ1) is 63.7. The lowest BCUT2D eigenvalue weighted by Gasteiger charge is -2.36. The summed E-state index contributed by atoms with van der Waals surface area (Å²) < 4.78 is 196. The van der Waals surface area contributed by atoms with Crippen LogP contribution in [0.3, 0.4) is 0 Å². The van der Waals surface area contributed by atoms with Gasteiger partial charge in [-0.1, -0.05) is 53.7 Å². The van der Waals surface area contributed by atoms with Gasteiger partial charge in [0.1, 0.15) is 23.7 Å². The lowest BCUT2D eigenvalue weighted by atomic mass is 9.88. The number of rotatable bonds is 18. The third kappa shape index (κ3) is 16.1. The topological polar surface area (TPSA) is 239 Å². The second-order valence-electron chi connectivity index (χ2n) is 20.5. The highest BCUT2D eigenvalue weighted by molar-refractivity contribution is 7.93. The molecule has 2 N–H and O–H groups in total. The molecule has 0 radical (unpaired) electrons. The van der Waals surface area contributed by atoms with Gasteiger partial charge in [-0.2, -0.15) is 26.3 Å². The molecule has 18 nitrogen and oxygen atoms in total. The summed E-state index contributed by atoms with van der Waals surface area (Å²) >= 11 is 0. The number of carbonyl (C=O) groups excluding carboxylic acids is 2. The van der Waals surface area contributed by atoms with Crippen LogP contribution in [0.4, 0.5) is 46.5 Å². The molecule has 440 valence electrons. The molecular formula is C52H58F8N2O16S2. The molecule has 0 fully saturated rings. The van der Waals surface area contributed by atoms with E-state index in [1.54, 1.807) is 0 Å². The summed E-state index contributed by atoms with van der Waals surface area (Å²) in [6.07, 6.45) is -18.0. The molecule has 0 amide bonds. The van der Waals surface area contributed by atoms with Crippen molar-refractivity contribution in [3.63, 3.8) is 0 Å². The van der Waals surface area contributed by atoms with Crippen molar-refractivity contribution in [3.8, 4) is 23.0 Å². The van der Waals surface area contributed by atoms with Crippen LogP contribution in [0.2, 0.25) is 0 Å². The molecule has 2 heterocycles. The average Bonchev–Trinajstić information content (AvgIpc) is 3.34. The molecule has 6 rings (SSSR count). The number of esters is 2. The van der Waals surface area contributed by atoms with Gasteiger partial charge in [-0.25, -0.2) is 25.6 Å². The summed E-state index contributed by atoms with van der Waals surface area (Å²) in [5.41, 5.74) is -2.65. The molecule has 0 aliphatic carbocycles. The maximum Gasteiger partial charge on any atom is 0.426 e. The number of anilines is 2. The largest absolute Gasteiger partial charge is 0.494 e. The van der Waals surface area contributed by atoms with Crippen molar-refractivity contribution in [1.29, 1.82) is 0 Å². The average molecular weight is 1180 g/mol. The Labute approximate surface area is 455 Å². The number of carboxylic acids is 2. The van der Waals surface area contributed by atoms with Crippen LogP contribution >= 0.6 is 0 Å². The zero-order valence-corrected chi connectivity index (χ0v) is 45.9. The molecule has 2 aliphatic heterocycles. The number of hydrogen-bond donors (Lipinski definition) is 2. The number of ether oxygens (including phenoxy) is 6. The fourth-order valence-electron chi connectivity index (χ4n) is 8.26. The number of sulfonamides is 2. The number of methoxy groups -OCH3 is 2. The van der Waals surface area contributed by atoms with Gasteiger partial charge in [0.25, 0.3) is 20.0 Å². The molecule has 0 saturated heterocycles. The molecule has 2 aliphatic rings. The van der Waals surface area contributed by atoms with Gasteiger partial charge in [0.2, 0.25) is 12.2 Å². The van der Waals surface area contributed by atoms with Crippen molar-refractivity contribution in [1.82, 2.24) is 0 Å². The Bertz CT molecular complexity index is 2920. The highest BCUT2D eigenvalue weighted by atomic mass is 32.2. The number of carbonyl (C=O) groups is 4. The van der Waals surface area contributed by atoms with Crippen LogP contribution in [0, 0.1) is 22.5 Å². The maximum absolute atomic E-state index is 14.0. The SMILES string of the molecule is COc1cc(S(=O)(=O)N2C[C@H](CCC(=O)O)Oc3ccc(CC(=O)O[C@@H](C(C)(C)C)C(F)(F)F)cc32)ccc1F.COc1cc(S(=O)(=O)N2C[C@H](CCC(=O)O)Oc3ccc(CC(=O)O[C@H](C(C)(C)C)C(F)(F)F)cc32)ccc1F. The summed E-state index contributed by atoms with van der Waals surface area (Å²) in [5.74, 6) is -6.75. The normalized spacial score (nSPS) is 16.5. The monoisotopic (exact) mass is 1180 g/mol. The Hall–Kier alpha value is -7.10. The Kier molecular flexibility index (Phi) is 19.7. The van der Waals surface area contributed by atoms with E-state index in [0.717, 1.165) is 59.2 Å². The van der Waals surface area contributed by atoms with E-state index in [1.807, 2.05) is 0 Å². The van der Waals surface area contributed by atoms with Gasteiger partial charge in [-0.05, 0) is 72.5 Å². The van der Waals surface area contributed by atoms with Crippen LogP contribution in [0.1, 0.15) is 78.4 Å². The van der Waals surface area contributed by atoms with Gasteiger partial charge in [-0.15, -0.1) is 0 Å². The van der Waals surface area contributed by atoms with Crippen LogP contribution < -0.4 is 27.6 Å². The predicted octanol–water partition coefficient (Wildman–Crippen LogP) is 9.44. The first-order valence-corrected chi connectivity index (χ1v) is 27.0. The first-order valence-electron chi connectivity index (χ1n) is 24.1. The Morgan fingerprint density at radius 2 is 0.912 bits per heavy atom. The van der Waals surface area contributed by atoms with E-state index in [9.17, 15) is 71.1 Å². The molecule has 80 heavy (non-hydrogen) atoms. The molecule has 0 spiro atoms. The van der Waals surface area contributed by atoms with Crippen molar-refractivity contribution in [2.75, 3.05) is 35.9 Å². The highest BCUT2D eigenvalue weighted by Gasteiger charge is 2.51. The van der Waals surface area contributed by atoms with E-state index in [4.69, 9.17) is 38.6 Å². The van der Waals surface area contributed by atoms with Crippen LogP contribution in [0.15, 0.2) is 82.6 Å². The minimum atomic E-state index is -4.80. The van der Waals surface area contributed by atoms with Crippen molar-refractivity contribution >= 4 is 55.3 Å². The minimum absolute atomic E-state index is 0.0345. The van der Waals surface area contributed by atoms with Gasteiger partial charge in [-0.3, -0.25) is 27.8 Å². The summed E-state index contributed by atoms with van der Waals surface area (Å²) in [7, 11) is -6.49. The number of fused-ring (bicyclic) bond motifs is 2. The quantitative estimate of drug-likeness (QED) is 0.0696. The van der Waals surface area contributed by atoms with Gasteiger partial charge in [0.05, 0.1) is 61.3 Å². The van der Waals surface area contributed by atoms with Crippen molar-refractivity contribution in [3.05, 3.63) is 95.6 Å². The number of carboxylic acid groups (broad SMARTS) is 2. The van der Waals surface area contributed by atoms with Crippen molar-refractivity contribution in [2.24, 2.45) is 10.8 Å². The zero-order chi connectivity index (χ0) is 60.1. The molecule has 4 aromatic carbocycles. The highest BCUT2D eigenvalue weighted by Crippen LogP contribution is 2.43. The molecule has 4 atom stereocenters. The Balaban J connectivity index is 0.000000294. The number of halogens is 8. The smallest absolute Gasteiger partial charge is 0.426 e. The van der Waals surface area contributed by atoms with Crippen LogP contribution in [-0.2, 0) is 61.5 Å². The molecule has 0 unspecified atom stereocenters. The van der Waals surface area contributed by atoms with Gasteiger partial charge in [0.15, 0.2) is 23.1 Å². The molecule has 0 aromatic heterocycles. The van der Waals surface area contributed by atoms with E-state index < -0.39 is 116 Å². The third-order valence-corrected chi connectivity index (χ3v) is 15.6. The Morgan fingerprint density at radius 1 is 0.575 bits per heavy atom. The standard InChI is InChI=1S/2C26H29F4NO8S/c2*1-25(2,3)24(26(28,29)30)39-23(34)12-15-5-9-20-19(11-15)31(14-16(38-20)6-10-22(32)33)40(35,36)17-7-8-18(27)21(13-17)37-4/h2*5,7-9,11,13,16,24H,6,10,12,14H2,1-4H3,(H,32,33)/t16-,24+;16-,24-/m00/s1. The second-order valence-corrected chi connectivity index (χ2v) is 24.2. The van der Waals surface area contributed by atoms with Gasteiger partial charge in [0, 0.05) is 35.8 Å². The predicted molar refractivity (Wildman–Crippen MR) is 269 cm³/mol. The molecule has 4 aromatic rings. The fraction of sp³-hybridized carbons (Fsp3) is 0.462. The van der Waals surface area contributed by atoms with E-state index in [-0.39, 0.29) is 94.1 Å².